The molecule has 0 heterocycles. The van der Waals surface area contributed by atoms with Crippen molar-refractivity contribution >= 4 is 23.4 Å². The molecule has 3 aromatic carbocycles. The summed E-state index contributed by atoms with van der Waals surface area (Å²) in [6, 6.07) is 25.7. The largest absolute Gasteiger partial charge is 0.352 e. The normalized spacial score (nSPS) is 14.9. The predicted molar refractivity (Wildman–Crippen MR) is 164 cm³/mol. The van der Waals surface area contributed by atoms with Crippen molar-refractivity contribution in [3.05, 3.63) is 106 Å². The van der Waals surface area contributed by atoms with Gasteiger partial charge >= 0.3 is 0 Å². The summed E-state index contributed by atoms with van der Waals surface area (Å²) < 4.78 is 0. The highest BCUT2D eigenvalue weighted by Crippen LogP contribution is 2.24. The van der Waals surface area contributed by atoms with Crippen LogP contribution in [-0.2, 0) is 34.4 Å². The predicted octanol–water partition coefficient (Wildman–Crippen LogP) is 7.66. The molecule has 1 N–H and O–H groups in total. The Hall–Kier alpha value is -3.11. The third-order valence-corrected chi connectivity index (χ3v) is 8.19. The summed E-state index contributed by atoms with van der Waals surface area (Å²) in [5.41, 5.74) is 4.47. The fourth-order valence-corrected chi connectivity index (χ4v) is 5.58. The number of halogens is 1. The lowest BCUT2D eigenvalue weighted by Crippen LogP contribution is -2.52. The summed E-state index contributed by atoms with van der Waals surface area (Å²) in [5, 5.41) is 3.96. The zero-order valence-corrected chi connectivity index (χ0v) is 24.9. The van der Waals surface area contributed by atoms with Crippen LogP contribution in [0.5, 0.6) is 0 Å². The molecule has 3 aromatic rings. The molecular formula is C35H43ClN2O2. The zero-order chi connectivity index (χ0) is 28.5. The van der Waals surface area contributed by atoms with Crippen molar-refractivity contribution in [1.29, 1.82) is 0 Å². The van der Waals surface area contributed by atoms with Gasteiger partial charge in [0.25, 0.3) is 0 Å². The number of rotatable bonds is 10. The fourth-order valence-electron chi connectivity index (χ4n) is 5.45. The van der Waals surface area contributed by atoms with Crippen LogP contribution in [0.1, 0.15) is 81.5 Å². The Bertz CT molecular complexity index is 1230. The number of carbonyl (C=O) groups is 2. The van der Waals surface area contributed by atoms with Crippen LogP contribution >= 0.6 is 11.6 Å². The smallest absolute Gasteiger partial charge is 0.243 e. The van der Waals surface area contributed by atoms with Crippen LogP contribution in [0, 0.1) is 0 Å². The van der Waals surface area contributed by atoms with Gasteiger partial charge in [-0.3, -0.25) is 9.59 Å². The molecule has 0 aliphatic heterocycles. The maximum Gasteiger partial charge on any atom is 0.243 e. The monoisotopic (exact) mass is 558 g/mol. The number of hydrogen-bond acceptors (Lipinski definition) is 2. The molecule has 0 spiro atoms. The Labute approximate surface area is 245 Å². The molecule has 5 heteroatoms. The minimum Gasteiger partial charge on any atom is -0.352 e. The first-order chi connectivity index (χ1) is 19.2. The number of benzene rings is 3. The van der Waals surface area contributed by atoms with E-state index in [4.69, 9.17) is 11.6 Å². The average Bonchev–Trinajstić information content (AvgIpc) is 2.95. The van der Waals surface area contributed by atoms with Crippen LogP contribution in [0.2, 0.25) is 5.02 Å². The maximum absolute atomic E-state index is 14.0. The van der Waals surface area contributed by atoms with Gasteiger partial charge in [0.1, 0.15) is 6.04 Å². The summed E-state index contributed by atoms with van der Waals surface area (Å²) in [7, 11) is 0. The molecule has 0 saturated heterocycles. The minimum atomic E-state index is -0.601. The molecule has 1 saturated carbocycles. The molecule has 1 fully saturated rings. The summed E-state index contributed by atoms with van der Waals surface area (Å²) in [5.74, 6) is -0.0813. The number of aryl methyl sites for hydroxylation is 1. The second-order valence-electron chi connectivity index (χ2n) is 12.1. The molecule has 1 aliphatic rings. The van der Waals surface area contributed by atoms with Crippen LogP contribution < -0.4 is 5.32 Å². The van der Waals surface area contributed by atoms with Gasteiger partial charge < -0.3 is 10.2 Å². The highest BCUT2D eigenvalue weighted by molar-refractivity contribution is 6.30. The number of nitrogens with zero attached hydrogens (tertiary/aromatic N) is 1. The summed E-state index contributed by atoms with van der Waals surface area (Å²) in [6.07, 6.45) is 6.92. The average molecular weight is 559 g/mol. The van der Waals surface area contributed by atoms with Gasteiger partial charge in [-0.25, -0.2) is 0 Å². The molecule has 4 rings (SSSR count). The molecule has 2 amide bonds. The molecular weight excluding hydrogens is 516 g/mol. The summed E-state index contributed by atoms with van der Waals surface area (Å²) in [6.45, 7) is 6.96. The van der Waals surface area contributed by atoms with Crippen molar-refractivity contribution in [2.75, 3.05) is 0 Å². The van der Waals surface area contributed by atoms with Crippen molar-refractivity contribution in [1.82, 2.24) is 10.2 Å². The fraction of sp³-hybridized carbons (Fsp3) is 0.429. The van der Waals surface area contributed by atoms with Gasteiger partial charge in [-0.15, -0.1) is 0 Å². The maximum atomic E-state index is 14.0. The van der Waals surface area contributed by atoms with E-state index in [0.29, 0.717) is 30.8 Å². The van der Waals surface area contributed by atoms with E-state index in [2.05, 4.69) is 50.4 Å². The zero-order valence-electron chi connectivity index (χ0n) is 24.2. The Morgan fingerprint density at radius 3 is 2.10 bits per heavy atom. The van der Waals surface area contributed by atoms with E-state index < -0.39 is 6.04 Å². The van der Waals surface area contributed by atoms with Gasteiger partial charge in [-0.2, -0.15) is 0 Å². The summed E-state index contributed by atoms with van der Waals surface area (Å²) >= 11 is 6.15. The SMILES string of the molecule is CC(C)(C)c1ccc(CCC(=O)N(Cc2ccc(Cl)cc2)C(Cc2ccccc2)C(=O)NC2CCCCC2)cc1. The van der Waals surface area contributed by atoms with Crippen LogP contribution in [0.15, 0.2) is 78.9 Å². The molecule has 1 unspecified atom stereocenters. The van der Waals surface area contributed by atoms with Gasteiger partial charge in [0, 0.05) is 30.5 Å². The van der Waals surface area contributed by atoms with Crippen LogP contribution in [0.4, 0.5) is 0 Å². The standard InChI is InChI=1S/C35H43ClN2O2/c1-35(2,3)29-19-14-26(15-20-29)18-23-33(39)38(25-28-16-21-30(36)22-17-28)32(24-27-10-6-4-7-11-27)34(40)37-31-12-8-5-9-13-31/h4,6-7,10-11,14-17,19-22,31-32H,5,8-9,12-13,18,23-25H2,1-3H3,(H,37,40). The van der Waals surface area contributed by atoms with Gasteiger partial charge in [-0.1, -0.05) is 118 Å². The topological polar surface area (TPSA) is 49.4 Å². The van der Waals surface area contributed by atoms with E-state index in [-0.39, 0.29) is 23.3 Å². The minimum absolute atomic E-state index is 0.0189. The van der Waals surface area contributed by atoms with Crippen molar-refractivity contribution in [3.8, 4) is 0 Å². The van der Waals surface area contributed by atoms with Crippen molar-refractivity contribution < 1.29 is 9.59 Å². The molecule has 1 atom stereocenters. The number of amides is 2. The van der Waals surface area contributed by atoms with E-state index in [1.807, 2.05) is 54.6 Å². The molecule has 4 nitrogen and oxygen atoms in total. The number of hydrogen-bond donors (Lipinski definition) is 1. The lowest BCUT2D eigenvalue weighted by Gasteiger charge is -2.33. The van der Waals surface area contributed by atoms with E-state index in [1.165, 1.54) is 12.0 Å². The van der Waals surface area contributed by atoms with E-state index in [1.54, 1.807) is 4.90 Å². The second kappa shape index (κ2) is 14.0. The van der Waals surface area contributed by atoms with Gasteiger partial charge in [0.2, 0.25) is 11.8 Å². The Morgan fingerprint density at radius 2 is 1.48 bits per heavy atom. The van der Waals surface area contributed by atoms with Crippen LogP contribution in [0.25, 0.3) is 0 Å². The number of carbonyl (C=O) groups excluding carboxylic acids is 2. The van der Waals surface area contributed by atoms with E-state index in [0.717, 1.165) is 42.4 Å². The first-order valence-electron chi connectivity index (χ1n) is 14.7. The van der Waals surface area contributed by atoms with E-state index >= 15 is 0 Å². The molecule has 40 heavy (non-hydrogen) atoms. The van der Waals surface area contributed by atoms with Crippen LogP contribution in [0.3, 0.4) is 0 Å². The highest BCUT2D eigenvalue weighted by Gasteiger charge is 2.31. The first kappa shape index (κ1) is 29.9. The van der Waals surface area contributed by atoms with E-state index in [9.17, 15) is 9.59 Å². The van der Waals surface area contributed by atoms with Crippen molar-refractivity contribution in [2.45, 2.75) is 96.2 Å². The first-order valence-corrected chi connectivity index (χ1v) is 15.0. The van der Waals surface area contributed by atoms with Crippen molar-refractivity contribution in [3.63, 3.8) is 0 Å². The van der Waals surface area contributed by atoms with Gasteiger partial charge in [0.15, 0.2) is 0 Å². The van der Waals surface area contributed by atoms with Crippen molar-refractivity contribution in [2.24, 2.45) is 0 Å². The number of nitrogens with one attached hydrogen (secondary N) is 1. The molecule has 0 radical (unpaired) electrons. The second-order valence-corrected chi connectivity index (χ2v) is 12.6. The summed E-state index contributed by atoms with van der Waals surface area (Å²) in [4.78, 5) is 29.6. The third kappa shape index (κ3) is 8.69. The Morgan fingerprint density at radius 1 is 0.850 bits per heavy atom. The lowest BCUT2D eigenvalue weighted by atomic mass is 9.86. The van der Waals surface area contributed by atoms with Gasteiger partial charge in [0.05, 0.1) is 0 Å². The van der Waals surface area contributed by atoms with Crippen LogP contribution in [-0.4, -0.2) is 28.8 Å². The Balaban J connectivity index is 1.58. The lowest BCUT2D eigenvalue weighted by molar-refractivity contribution is -0.141. The molecule has 212 valence electrons. The highest BCUT2D eigenvalue weighted by atomic mass is 35.5. The quantitative estimate of drug-likeness (QED) is 0.278. The Kier molecular flexibility index (Phi) is 10.4. The molecule has 0 bridgehead atoms. The van der Waals surface area contributed by atoms with Gasteiger partial charge in [-0.05, 0) is 59.1 Å². The molecule has 1 aliphatic carbocycles. The molecule has 0 aromatic heterocycles. The third-order valence-electron chi connectivity index (χ3n) is 7.94.